The van der Waals surface area contributed by atoms with Crippen molar-refractivity contribution >= 4 is 56.4 Å². The Hall–Kier alpha value is -1.43. The van der Waals surface area contributed by atoms with E-state index >= 15 is 0 Å². The third-order valence-electron chi connectivity index (χ3n) is 2.71. The molecule has 0 spiro atoms. The molecule has 7 heteroatoms. The lowest BCUT2D eigenvalue weighted by Crippen LogP contribution is -2.14. The second kappa shape index (κ2) is 6.56. The number of hydrogen-bond donors (Lipinski definition) is 2. The number of rotatable bonds is 3. The minimum atomic E-state index is -0.375. The standard InChI is InChI=1S/C14H11BrCl2N2O2/c1-21-12-6-8(18)5-10(15)13(12)19-14(20)9-3-2-7(16)4-11(9)17/h2-6H,18H2,1H3,(H,19,20). The smallest absolute Gasteiger partial charge is 0.257 e. The molecule has 2 rings (SSSR count). The van der Waals surface area contributed by atoms with Crippen molar-refractivity contribution in [3.8, 4) is 5.75 Å². The number of anilines is 2. The minimum Gasteiger partial charge on any atom is -0.494 e. The summed E-state index contributed by atoms with van der Waals surface area (Å²) in [5.41, 5.74) is 7.03. The quantitative estimate of drug-likeness (QED) is 0.754. The van der Waals surface area contributed by atoms with Crippen LogP contribution in [0.2, 0.25) is 10.0 Å². The maximum Gasteiger partial charge on any atom is 0.257 e. The van der Waals surface area contributed by atoms with Crippen molar-refractivity contribution in [2.45, 2.75) is 0 Å². The number of methoxy groups -OCH3 is 1. The fourth-order valence-electron chi connectivity index (χ4n) is 1.74. The predicted molar refractivity (Wildman–Crippen MR) is 89.5 cm³/mol. The molecule has 0 bridgehead atoms. The maximum atomic E-state index is 12.3. The molecule has 0 aliphatic rings. The summed E-state index contributed by atoms with van der Waals surface area (Å²) in [5, 5.41) is 3.47. The van der Waals surface area contributed by atoms with Gasteiger partial charge >= 0.3 is 0 Å². The normalized spacial score (nSPS) is 10.3. The average Bonchev–Trinajstić information content (AvgIpc) is 2.41. The van der Waals surface area contributed by atoms with Gasteiger partial charge in [0.1, 0.15) is 5.75 Å². The van der Waals surface area contributed by atoms with Gasteiger partial charge in [0.15, 0.2) is 0 Å². The first-order chi connectivity index (χ1) is 9.92. The number of nitrogens with two attached hydrogens (primary N) is 1. The predicted octanol–water partition coefficient (Wildman–Crippen LogP) is 4.60. The van der Waals surface area contributed by atoms with Crippen molar-refractivity contribution < 1.29 is 9.53 Å². The van der Waals surface area contributed by atoms with E-state index in [2.05, 4.69) is 21.2 Å². The molecule has 0 aromatic heterocycles. The second-order valence-electron chi connectivity index (χ2n) is 4.16. The van der Waals surface area contributed by atoms with Crippen molar-refractivity contribution in [2.75, 3.05) is 18.2 Å². The fraction of sp³-hybridized carbons (Fsp3) is 0.0714. The van der Waals surface area contributed by atoms with Crippen LogP contribution in [0, 0.1) is 0 Å². The topological polar surface area (TPSA) is 64.3 Å². The van der Waals surface area contributed by atoms with Crippen molar-refractivity contribution in [2.24, 2.45) is 0 Å². The zero-order valence-electron chi connectivity index (χ0n) is 10.9. The molecule has 4 nitrogen and oxygen atoms in total. The van der Waals surface area contributed by atoms with Crippen molar-refractivity contribution in [3.05, 3.63) is 50.4 Å². The van der Waals surface area contributed by atoms with Crippen molar-refractivity contribution in [1.82, 2.24) is 0 Å². The lowest BCUT2D eigenvalue weighted by molar-refractivity contribution is 0.102. The number of nitrogen functional groups attached to an aromatic ring is 1. The number of carbonyl (C=O) groups is 1. The van der Waals surface area contributed by atoms with Gasteiger partial charge in [-0.2, -0.15) is 0 Å². The fourth-order valence-corrected chi connectivity index (χ4v) is 2.79. The molecule has 1 amide bonds. The summed E-state index contributed by atoms with van der Waals surface area (Å²) in [7, 11) is 1.49. The minimum absolute atomic E-state index is 0.269. The van der Waals surface area contributed by atoms with E-state index in [1.165, 1.54) is 13.2 Å². The van der Waals surface area contributed by atoms with Gasteiger partial charge in [-0.15, -0.1) is 0 Å². The van der Waals surface area contributed by atoms with E-state index in [1.807, 2.05) is 0 Å². The lowest BCUT2D eigenvalue weighted by Gasteiger charge is -2.13. The molecule has 0 heterocycles. The van der Waals surface area contributed by atoms with Crippen LogP contribution in [-0.2, 0) is 0 Å². The van der Waals surface area contributed by atoms with Gasteiger partial charge in [-0.3, -0.25) is 4.79 Å². The molecule has 0 unspecified atom stereocenters. The van der Waals surface area contributed by atoms with Crippen LogP contribution in [0.15, 0.2) is 34.8 Å². The number of ether oxygens (including phenoxy) is 1. The maximum absolute atomic E-state index is 12.3. The summed E-state index contributed by atoms with van der Waals surface area (Å²) in [6.45, 7) is 0. The van der Waals surface area contributed by atoms with Crippen LogP contribution in [0.5, 0.6) is 5.75 Å². The van der Waals surface area contributed by atoms with E-state index in [0.29, 0.717) is 32.2 Å². The SMILES string of the molecule is COc1cc(N)cc(Br)c1NC(=O)c1ccc(Cl)cc1Cl. The summed E-state index contributed by atoms with van der Waals surface area (Å²) in [4.78, 5) is 12.3. The molecule has 0 saturated carbocycles. The summed E-state index contributed by atoms with van der Waals surface area (Å²) >= 11 is 15.2. The Morgan fingerprint density at radius 2 is 2.00 bits per heavy atom. The Labute approximate surface area is 140 Å². The molecule has 21 heavy (non-hydrogen) atoms. The molecule has 2 aromatic carbocycles. The summed E-state index contributed by atoms with van der Waals surface area (Å²) < 4.78 is 5.82. The number of nitrogens with one attached hydrogen (secondary N) is 1. The number of benzene rings is 2. The molecule has 0 radical (unpaired) electrons. The summed E-state index contributed by atoms with van der Waals surface area (Å²) in [6.07, 6.45) is 0. The van der Waals surface area contributed by atoms with Crippen LogP contribution in [0.3, 0.4) is 0 Å². The highest BCUT2D eigenvalue weighted by atomic mass is 79.9. The Kier molecular flexibility index (Phi) is 4.98. The van der Waals surface area contributed by atoms with Crippen LogP contribution >= 0.6 is 39.1 Å². The van der Waals surface area contributed by atoms with Crippen molar-refractivity contribution in [1.29, 1.82) is 0 Å². The first-order valence-corrected chi connectivity index (χ1v) is 7.36. The molecule has 0 saturated heterocycles. The van der Waals surface area contributed by atoms with Crippen LogP contribution in [0.4, 0.5) is 11.4 Å². The van der Waals surface area contributed by atoms with E-state index in [-0.39, 0.29) is 10.9 Å². The van der Waals surface area contributed by atoms with E-state index in [1.54, 1.807) is 24.3 Å². The summed E-state index contributed by atoms with van der Waals surface area (Å²) in [5.74, 6) is 0.0701. The first-order valence-electron chi connectivity index (χ1n) is 5.81. The highest BCUT2D eigenvalue weighted by Crippen LogP contribution is 2.36. The molecule has 0 fully saturated rings. The second-order valence-corrected chi connectivity index (χ2v) is 5.86. The molecular weight excluding hydrogens is 379 g/mol. The van der Waals surface area contributed by atoms with Gasteiger partial charge in [-0.25, -0.2) is 0 Å². The average molecular weight is 390 g/mol. The molecule has 0 atom stereocenters. The van der Waals surface area contributed by atoms with E-state index in [0.717, 1.165) is 0 Å². The van der Waals surface area contributed by atoms with Crippen LogP contribution in [0.25, 0.3) is 0 Å². The third-order valence-corrected chi connectivity index (χ3v) is 3.88. The molecule has 0 aliphatic carbocycles. The zero-order chi connectivity index (χ0) is 15.6. The highest BCUT2D eigenvalue weighted by molar-refractivity contribution is 9.10. The molecule has 0 aliphatic heterocycles. The van der Waals surface area contributed by atoms with Crippen LogP contribution in [0.1, 0.15) is 10.4 Å². The lowest BCUT2D eigenvalue weighted by atomic mass is 10.2. The van der Waals surface area contributed by atoms with E-state index < -0.39 is 0 Å². The monoisotopic (exact) mass is 388 g/mol. The zero-order valence-corrected chi connectivity index (χ0v) is 14.0. The summed E-state index contributed by atoms with van der Waals surface area (Å²) in [6, 6.07) is 7.94. The number of carbonyl (C=O) groups excluding carboxylic acids is 1. The Morgan fingerprint density at radius 3 is 2.62 bits per heavy atom. The van der Waals surface area contributed by atoms with Gasteiger partial charge in [0, 0.05) is 21.2 Å². The Morgan fingerprint density at radius 1 is 1.29 bits per heavy atom. The van der Waals surface area contributed by atoms with Crippen LogP contribution < -0.4 is 15.8 Å². The van der Waals surface area contributed by atoms with Gasteiger partial charge in [0.2, 0.25) is 0 Å². The van der Waals surface area contributed by atoms with Gasteiger partial charge in [0.05, 0.1) is 23.4 Å². The molecule has 2 aromatic rings. The molecule has 3 N–H and O–H groups in total. The van der Waals surface area contributed by atoms with Crippen LogP contribution in [-0.4, -0.2) is 13.0 Å². The van der Waals surface area contributed by atoms with Gasteiger partial charge in [0.25, 0.3) is 5.91 Å². The first kappa shape index (κ1) is 15.9. The highest BCUT2D eigenvalue weighted by Gasteiger charge is 2.16. The van der Waals surface area contributed by atoms with E-state index in [9.17, 15) is 4.79 Å². The number of amides is 1. The number of hydrogen-bond acceptors (Lipinski definition) is 3. The number of halogens is 3. The Balaban J connectivity index is 2.36. The van der Waals surface area contributed by atoms with E-state index in [4.69, 9.17) is 33.7 Å². The Bertz CT molecular complexity index is 708. The molecule has 110 valence electrons. The van der Waals surface area contributed by atoms with Gasteiger partial charge in [-0.05, 0) is 40.2 Å². The third kappa shape index (κ3) is 3.61. The molecular formula is C14H11BrCl2N2O2. The van der Waals surface area contributed by atoms with Crippen molar-refractivity contribution in [3.63, 3.8) is 0 Å². The largest absolute Gasteiger partial charge is 0.494 e. The van der Waals surface area contributed by atoms with Gasteiger partial charge in [-0.1, -0.05) is 23.2 Å². The van der Waals surface area contributed by atoms with Gasteiger partial charge < -0.3 is 15.8 Å².